The number of aromatic carboxylic acids is 1. The zero-order valence-corrected chi connectivity index (χ0v) is 15.2. The summed E-state index contributed by atoms with van der Waals surface area (Å²) in [5.74, 6) is 0.243. The van der Waals surface area contributed by atoms with Crippen LogP contribution in [-0.2, 0) is 0 Å². The summed E-state index contributed by atoms with van der Waals surface area (Å²) in [5.41, 5.74) is 1.37. The Bertz CT molecular complexity index is 1080. The summed E-state index contributed by atoms with van der Waals surface area (Å²) >= 11 is 0.952. The Labute approximate surface area is 152 Å². The molecule has 3 rings (SSSR count). The van der Waals surface area contributed by atoms with E-state index in [1.165, 1.54) is 10.6 Å². The van der Waals surface area contributed by atoms with Gasteiger partial charge in [0, 0.05) is 17.3 Å². The molecule has 134 valence electrons. The van der Waals surface area contributed by atoms with E-state index in [4.69, 9.17) is 14.6 Å². The Morgan fingerprint density at radius 1 is 1.27 bits per heavy atom. The summed E-state index contributed by atoms with van der Waals surface area (Å²) < 4.78 is 11.8. The van der Waals surface area contributed by atoms with E-state index in [0.717, 1.165) is 16.9 Å². The third kappa shape index (κ3) is 3.18. The lowest BCUT2D eigenvalue weighted by molar-refractivity contribution is 0.0701. The summed E-state index contributed by atoms with van der Waals surface area (Å²) in [6.45, 7) is 1.66. The van der Waals surface area contributed by atoms with Crippen LogP contribution in [0.3, 0.4) is 0 Å². The molecular formula is C18H16N2O5S. The van der Waals surface area contributed by atoms with Crippen molar-refractivity contribution in [3.05, 3.63) is 56.4 Å². The fourth-order valence-corrected chi connectivity index (χ4v) is 3.27. The van der Waals surface area contributed by atoms with Gasteiger partial charge in [0.2, 0.25) is 0 Å². The van der Waals surface area contributed by atoms with Crippen LogP contribution in [0, 0.1) is 6.92 Å². The van der Waals surface area contributed by atoms with Crippen LogP contribution in [0.2, 0.25) is 0 Å². The number of rotatable bonds is 5. The smallest absolute Gasteiger partial charge is 0.347 e. The molecule has 26 heavy (non-hydrogen) atoms. The molecule has 1 N–H and O–H groups in total. The predicted octanol–water partition coefficient (Wildman–Crippen LogP) is 2.95. The molecule has 2 aromatic heterocycles. The van der Waals surface area contributed by atoms with Crippen molar-refractivity contribution in [2.45, 2.75) is 6.92 Å². The summed E-state index contributed by atoms with van der Waals surface area (Å²) in [4.78, 5) is 28.4. The number of hydrogen-bond donors (Lipinski definition) is 1. The van der Waals surface area contributed by atoms with Gasteiger partial charge in [-0.15, -0.1) is 0 Å². The molecule has 0 bridgehead atoms. The number of hydrogen-bond acceptors (Lipinski definition) is 6. The quantitative estimate of drug-likeness (QED) is 0.741. The van der Waals surface area contributed by atoms with Gasteiger partial charge in [0.25, 0.3) is 5.56 Å². The number of carboxylic acid groups (broad SMARTS) is 1. The summed E-state index contributed by atoms with van der Waals surface area (Å²) in [7, 11) is 3.15. The van der Waals surface area contributed by atoms with Crippen LogP contribution in [0.4, 0.5) is 0 Å². The highest BCUT2D eigenvalue weighted by atomic mass is 32.1. The van der Waals surface area contributed by atoms with E-state index in [0.29, 0.717) is 27.7 Å². The van der Waals surface area contributed by atoms with Crippen LogP contribution >= 0.6 is 11.3 Å². The molecule has 1 aromatic carbocycles. The average Bonchev–Trinajstić information content (AvgIpc) is 3.07. The highest BCUT2D eigenvalue weighted by Crippen LogP contribution is 2.26. The number of nitrogens with zero attached hydrogens (tertiary/aromatic N) is 2. The van der Waals surface area contributed by atoms with Crippen LogP contribution < -0.4 is 15.0 Å². The van der Waals surface area contributed by atoms with E-state index in [1.807, 2.05) is 6.07 Å². The van der Waals surface area contributed by atoms with Gasteiger partial charge >= 0.3 is 5.97 Å². The van der Waals surface area contributed by atoms with Gasteiger partial charge in [-0.2, -0.15) is 0 Å². The zero-order valence-electron chi connectivity index (χ0n) is 14.3. The van der Waals surface area contributed by atoms with E-state index in [-0.39, 0.29) is 10.4 Å². The number of methoxy groups -OCH3 is 2. The van der Waals surface area contributed by atoms with Gasteiger partial charge in [-0.05, 0) is 37.3 Å². The maximum atomic E-state index is 12.5. The maximum Gasteiger partial charge on any atom is 0.347 e. The van der Waals surface area contributed by atoms with E-state index in [9.17, 15) is 9.59 Å². The van der Waals surface area contributed by atoms with E-state index in [2.05, 4.69) is 4.98 Å². The molecule has 3 aromatic rings. The molecule has 0 saturated carbocycles. The number of benzene rings is 1. The lowest BCUT2D eigenvalue weighted by Gasteiger charge is -2.07. The van der Waals surface area contributed by atoms with Crippen LogP contribution in [0.5, 0.6) is 11.5 Å². The molecule has 0 saturated heterocycles. The van der Waals surface area contributed by atoms with Gasteiger partial charge in [0.05, 0.1) is 19.9 Å². The first-order chi connectivity index (χ1) is 12.4. The minimum absolute atomic E-state index is 0.0598. The zero-order chi connectivity index (χ0) is 18.8. The molecule has 7 nitrogen and oxygen atoms in total. The Morgan fingerprint density at radius 3 is 2.69 bits per heavy atom. The van der Waals surface area contributed by atoms with Crippen LogP contribution in [-0.4, -0.2) is 34.7 Å². The molecule has 0 aliphatic rings. The Balaban J connectivity index is 2.09. The molecule has 2 heterocycles. The molecular weight excluding hydrogens is 356 g/mol. The largest absolute Gasteiger partial charge is 0.497 e. The van der Waals surface area contributed by atoms with Crippen LogP contribution in [0.1, 0.15) is 26.5 Å². The molecule has 0 fully saturated rings. The van der Waals surface area contributed by atoms with Gasteiger partial charge in [-0.25, -0.2) is 9.78 Å². The van der Waals surface area contributed by atoms with Crippen LogP contribution in [0.15, 0.2) is 29.2 Å². The maximum absolute atomic E-state index is 12.5. The van der Waals surface area contributed by atoms with Crippen molar-refractivity contribution in [1.82, 2.24) is 9.38 Å². The number of aromatic nitrogens is 2. The Kier molecular flexibility index (Phi) is 4.77. The summed E-state index contributed by atoms with van der Waals surface area (Å²) in [6, 6.07) is 5.39. The van der Waals surface area contributed by atoms with Crippen molar-refractivity contribution < 1.29 is 19.4 Å². The standard InChI is InChI=1S/C18H16N2O5S/c1-10-13(6-4-11-8-12(24-2)5-7-14(11)25-3)19-18-20(16(10)21)9-15(26-18)17(22)23/h4-9H,1-3H3,(H,22,23). The number of fused-ring (bicyclic) bond motifs is 1. The molecule has 0 radical (unpaired) electrons. The normalized spacial score (nSPS) is 11.2. The topological polar surface area (TPSA) is 90.1 Å². The van der Waals surface area contributed by atoms with Crippen molar-refractivity contribution >= 4 is 34.4 Å². The Morgan fingerprint density at radius 2 is 2.04 bits per heavy atom. The summed E-state index contributed by atoms with van der Waals surface area (Å²) in [6.07, 6.45) is 4.77. The van der Waals surface area contributed by atoms with Gasteiger partial charge in [0.1, 0.15) is 16.4 Å². The highest BCUT2D eigenvalue weighted by molar-refractivity contribution is 7.18. The second-order valence-corrected chi connectivity index (χ2v) is 6.43. The van der Waals surface area contributed by atoms with Gasteiger partial charge in [-0.1, -0.05) is 11.3 Å². The summed E-state index contributed by atoms with van der Waals surface area (Å²) in [5, 5.41) is 9.10. The second-order valence-electron chi connectivity index (χ2n) is 5.42. The molecule has 0 unspecified atom stereocenters. The lowest BCUT2D eigenvalue weighted by Crippen LogP contribution is -2.17. The number of ether oxygens (including phenoxy) is 2. The van der Waals surface area contributed by atoms with E-state index in [1.54, 1.807) is 45.4 Å². The number of carboxylic acids is 1. The van der Waals surface area contributed by atoms with Gasteiger partial charge in [-0.3, -0.25) is 9.20 Å². The van der Waals surface area contributed by atoms with E-state index < -0.39 is 5.97 Å². The first-order valence-electron chi connectivity index (χ1n) is 7.60. The molecule has 8 heteroatoms. The average molecular weight is 372 g/mol. The van der Waals surface area contributed by atoms with Crippen LogP contribution in [0.25, 0.3) is 17.1 Å². The van der Waals surface area contributed by atoms with Gasteiger partial charge < -0.3 is 14.6 Å². The van der Waals surface area contributed by atoms with Crippen molar-refractivity contribution in [1.29, 1.82) is 0 Å². The molecule has 0 spiro atoms. The molecule has 0 atom stereocenters. The second kappa shape index (κ2) is 7.01. The fourth-order valence-electron chi connectivity index (χ4n) is 2.45. The third-order valence-electron chi connectivity index (χ3n) is 3.86. The SMILES string of the molecule is COc1ccc(OC)c(C=Cc2nc3sc(C(=O)O)cn3c(=O)c2C)c1. The van der Waals surface area contributed by atoms with Crippen molar-refractivity contribution in [3.8, 4) is 11.5 Å². The first-order valence-corrected chi connectivity index (χ1v) is 8.42. The van der Waals surface area contributed by atoms with Gasteiger partial charge in [0.15, 0.2) is 4.96 Å². The minimum atomic E-state index is -1.09. The number of thiazole rings is 1. The van der Waals surface area contributed by atoms with Crippen molar-refractivity contribution in [2.24, 2.45) is 0 Å². The van der Waals surface area contributed by atoms with Crippen molar-refractivity contribution in [2.75, 3.05) is 14.2 Å². The number of carbonyl (C=O) groups is 1. The first kappa shape index (κ1) is 17.7. The minimum Gasteiger partial charge on any atom is -0.497 e. The fraction of sp³-hybridized carbons (Fsp3) is 0.167. The third-order valence-corrected chi connectivity index (χ3v) is 4.83. The predicted molar refractivity (Wildman–Crippen MR) is 99.5 cm³/mol. The van der Waals surface area contributed by atoms with E-state index >= 15 is 0 Å². The molecule has 0 aliphatic heterocycles. The highest BCUT2D eigenvalue weighted by Gasteiger charge is 2.14. The Hall–Kier alpha value is -3.13. The van der Waals surface area contributed by atoms with Crippen molar-refractivity contribution in [3.63, 3.8) is 0 Å². The molecule has 0 amide bonds. The lowest BCUT2D eigenvalue weighted by atomic mass is 10.1. The molecule has 0 aliphatic carbocycles. The monoisotopic (exact) mass is 372 g/mol.